The van der Waals surface area contributed by atoms with Crippen LogP contribution >= 0.6 is 0 Å². The molecule has 15 heavy (non-hydrogen) atoms. The van der Waals surface area contributed by atoms with Crippen molar-refractivity contribution in [2.75, 3.05) is 18.4 Å². The van der Waals surface area contributed by atoms with Gasteiger partial charge in [0.25, 0.3) is 5.91 Å². The number of carbonyl (C=O) groups excluding carboxylic acids is 1. The zero-order valence-electron chi connectivity index (χ0n) is 8.49. The topological polar surface area (TPSA) is 63.2 Å². The maximum Gasteiger partial charge on any atom is 0.268 e. The Bertz CT molecular complexity index is 367. The monoisotopic (exact) mass is 207 g/mol. The van der Waals surface area contributed by atoms with Gasteiger partial charge >= 0.3 is 0 Å². The highest BCUT2D eigenvalue weighted by Crippen LogP contribution is 2.25. The fourth-order valence-electron chi connectivity index (χ4n) is 1.39. The van der Waals surface area contributed by atoms with Crippen LogP contribution in [-0.2, 0) is 4.79 Å². The van der Waals surface area contributed by atoms with Crippen molar-refractivity contribution in [3.8, 4) is 5.75 Å². The summed E-state index contributed by atoms with van der Waals surface area (Å²) in [4.78, 5) is 15.6. The average molecular weight is 207 g/mol. The number of ether oxygens (including phenoxy) is 1. The van der Waals surface area contributed by atoms with E-state index in [4.69, 9.17) is 4.74 Å². The van der Waals surface area contributed by atoms with Gasteiger partial charge in [0.2, 0.25) is 0 Å². The summed E-state index contributed by atoms with van der Waals surface area (Å²) in [6.45, 7) is 3.31. The van der Waals surface area contributed by atoms with Gasteiger partial charge < -0.3 is 15.4 Å². The minimum atomic E-state index is -0.471. The minimum Gasteiger partial charge on any atom is -0.475 e. The van der Waals surface area contributed by atoms with Crippen LogP contribution in [0.2, 0.25) is 0 Å². The molecule has 80 valence electrons. The molecule has 1 unspecified atom stereocenters. The third-order valence-electron chi connectivity index (χ3n) is 2.15. The predicted molar refractivity (Wildman–Crippen MR) is 55.8 cm³/mol. The van der Waals surface area contributed by atoms with Gasteiger partial charge in [-0.3, -0.25) is 4.79 Å². The molecule has 0 saturated heterocycles. The smallest absolute Gasteiger partial charge is 0.268 e. The second-order valence-corrected chi connectivity index (χ2v) is 3.25. The van der Waals surface area contributed by atoms with Gasteiger partial charge in [-0.25, -0.2) is 4.98 Å². The van der Waals surface area contributed by atoms with Crippen LogP contribution in [0.15, 0.2) is 18.3 Å². The van der Waals surface area contributed by atoms with E-state index in [0.717, 1.165) is 6.54 Å². The number of rotatable bonds is 3. The lowest BCUT2D eigenvalue weighted by Gasteiger charge is -2.24. The molecule has 0 fully saturated rings. The highest BCUT2D eigenvalue weighted by molar-refractivity contribution is 5.96. The molecule has 5 nitrogen and oxygen atoms in total. The summed E-state index contributed by atoms with van der Waals surface area (Å²) in [7, 11) is 0. The maximum absolute atomic E-state index is 11.5. The summed E-state index contributed by atoms with van der Waals surface area (Å²) in [5.41, 5.74) is 0. The first kappa shape index (κ1) is 9.92. The van der Waals surface area contributed by atoms with Gasteiger partial charge in [-0.05, 0) is 18.7 Å². The Morgan fingerprint density at radius 3 is 3.33 bits per heavy atom. The minimum absolute atomic E-state index is 0.151. The van der Waals surface area contributed by atoms with Gasteiger partial charge in [-0.2, -0.15) is 0 Å². The Labute approximate surface area is 87.8 Å². The van der Waals surface area contributed by atoms with E-state index in [0.29, 0.717) is 18.1 Å². The fraction of sp³-hybridized carbons (Fsp3) is 0.400. The summed E-state index contributed by atoms with van der Waals surface area (Å²) in [6, 6.07) is 3.57. The van der Waals surface area contributed by atoms with Crippen LogP contribution in [0.3, 0.4) is 0 Å². The van der Waals surface area contributed by atoms with Crippen molar-refractivity contribution in [1.29, 1.82) is 0 Å². The van der Waals surface area contributed by atoms with Crippen LogP contribution < -0.4 is 15.4 Å². The lowest BCUT2D eigenvalue weighted by molar-refractivity contribution is -0.123. The molecule has 1 aliphatic rings. The first-order valence-corrected chi connectivity index (χ1v) is 4.94. The Balaban J connectivity index is 2.11. The van der Waals surface area contributed by atoms with Crippen molar-refractivity contribution in [1.82, 2.24) is 10.3 Å². The molecule has 5 heteroatoms. The predicted octanol–water partition coefficient (Wildman–Crippen LogP) is 0.391. The molecular formula is C10H13N3O2. The second-order valence-electron chi connectivity index (χ2n) is 3.25. The van der Waals surface area contributed by atoms with E-state index in [1.165, 1.54) is 0 Å². The normalized spacial score (nSPS) is 19.0. The number of pyridine rings is 1. The lowest BCUT2D eigenvalue weighted by atomic mass is 10.2. The second kappa shape index (κ2) is 4.27. The Morgan fingerprint density at radius 2 is 2.53 bits per heavy atom. The van der Waals surface area contributed by atoms with Gasteiger partial charge in [0.05, 0.1) is 0 Å². The van der Waals surface area contributed by atoms with Crippen molar-refractivity contribution < 1.29 is 9.53 Å². The summed E-state index contributed by atoms with van der Waals surface area (Å²) in [6.07, 6.45) is 1.15. The molecule has 1 amide bonds. The summed E-state index contributed by atoms with van der Waals surface area (Å²) >= 11 is 0. The van der Waals surface area contributed by atoms with Crippen molar-refractivity contribution >= 4 is 11.7 Å². The highest BCUT2D eigenvalue weighted by Gasteiger charge is 2.27. The molecule has 2 N–H and O–H groups in total. The molecule has 0 spiro atoms. The number of fused-ring (bicyclic) bond motifs is 1. The quantitative estimate of drug-likeness (QED) is 0.752. The largest absolute Gasteiger partial charge is 0.475 e. The molecule has 0 radical (unpaired) electrons. The highest BCUT2D eigenvalue weighted by atomic mass is 16.5. The Morgan fingerprint density at radius 1 is 1.67 bits per heavy atom. The third kappa shape index (κ3) is 2.07. The SMILES string of the molecule is CCNCC1Oc2cccnc2NC1=O. The molecule has 1 aliphatic heterocycles. The third-order valence-corrected chi connectivity index (χ3v) is 2.15. The number of aromatic nitrogens is 1. The number of nitrogens with one attached hydrogen (secondary N) is 2. The van der Waals surface area contributed by atoms with E-state index in [9.17, 15) is 4.79 Å². The van der Waals surface area contributed by atoms with Crippen molar-refractivity contribution in [2.45, 2.75) is 13.0 Å². The molecule has 1 aromatic heterocycles. The standard InChI is InChI=1S/C10H13N3O2/c1-2-11-6-8-10(14)13-9-7(15-8)4-3-5-12-9/h3-5,8,11H,2,6H2,1H3,(H,12,13,14). The molecule has 0 saturated carbocycles. The van der Waals surface area contributed by atoms with E-state index in [1.54, 1.807) is 18.3 Å². The number of anilines is 1. The number of hydrogen-bond acceptors (Lipinski definition) is 4. The summed E-state index contributed by atoms with van der Waals surface area (Å²) in [5.74, 6) is 0.970. The van der Waals surface area contributed by atoms with Gasteiger partial charge in [0.1, 0.15) is 0 Å². The zero-order chi connectivity index (χ0) is 10.7. The van der Waals surface area contributed by atoms with Gasteiger partial charge in [0.15, 0.2) is 17.7 Å². The van der Waals surface area contributed by atoms with E-state index in [1.807, 2.05) is 6.92 Å². The van der Waals surface area contributed by atoms with E-state index < -0.39 is 6.10 Å². The zero-order valence-corrected chi connectivity index (χ0v) is 8.49. The summed E-state index contributed by atoms with van der Waals surface area (Å²) in [5, 5.41) is 5.78. The molecular weight excluding hydrogens is 194 g/mol. The van der Waals surface area contributed by atoms with Crippen LogP contribution in [0.4, 0.5) is 5.82 Å². The molecule has 1 aromatic rings. The fourth-order valence-corrected chi connectivity index (χ4v) is 1.39. The average Bonchev–Trinajstić information content (AvgIpc) is 2.26. The Kier molecular flexibility index (Phi) is 2.82. The molecule has 0 aliphatic carbocycles. The molecule has 2 heterocycles. The maximum atomic E-state index is 11.5. The van der Waals surface area contributed by atoms with Crippen molar-refractivity contribution in [3.63, 3.8) is 0 Å². The summed E-state index contributed by atoms with van der Waals surface area (Å²) < 4.78 is 5.51. The van der Waals surface area contributed by atoms with Gasteiger partial charge in [-0.1, -0.05) is 6.92 Å². The molecule has 0 aromatic carbocycles. The Hall–Kier alpha value is -1.62. The van der Waals surface area contributed by atoms with Crippen molar-refractivity contribution in [3.05, 3.63) is 18.3 Å². The molecule has 2 rings (SSSR count). The molecule has 1 atom stereocenters. The van der Waals surface area contributed by atoms with E-state index in [-0.39, 0.29) is 5.91 Å². The van der Waals surface area contributed by atoms with E-state index in [2.05, 4.69) is 15.6 Å². The number of hydrogen-bond donors (Lipinski definition) is 2. The van der Waals surface area contributed by atoms with E-state index >= 15 is 0 Å². The first-order valence-electron chi connectivity index (χ1n) is 4.94. The number of carbonyl (C=O) groups is 1. The number of likely N-dealkylation sites (N-methyl/N-ethyl adjacent to an activating group) is 1. The van der Waals surface area contributed by atoms with Gasteiger partial charge in [-0.15, -0.1) is 0 Å². The first-order chi connectivity index (χ1) is 7.31. The number of nitrogens with zero attached hydrogens (tertiary/aromatic N) is 1. The number of amides is 1. The lowest BCUT2D eigenvalue weighted by Crippen LogP contribution is -2.44. The van der Waals surface area contributed by atoms with Crippen LogP contribution in [0.1, 0.15) is 6.92 Å². The molecule has 0 bridgehead atoms. The van der Waals surface area contributed by atoms with Crippen molar-refractivity contribution in [2.24, 2.45) is 0 Å². The van der Waals surface area contributed by atoms with Crippen LogP contribution in [0, 0.1) is 0 Å². The van der Waals surface area contributed by atoms with Crippen LogP contribution in [0.5, 0.6) is 5.75 Å². The van der Waals surface area contributed by atoms with Crippen LogP contribution in [0.25, 0.3) is 0 Å². The van der Waals surface area contributed by atoms with Crippen LogP contribution in [-0.4, -0.2) is 30.1 Å². The van der Waals surface area contributed by atoms with Gasteiger partial charge in [0, 0.05) is 12.7 Å².